The van der Waals surface area contributed by atoms with Gasteiger partial charge in [0, 0.05) is 12.1 Å². The molecule has 1 N–H and O–H groups in total. The van der Waals surface area contributed by atoms with Crippen LogP contribution in [-0.2, 0) is 6.73 Å². The van der Waals surface area contributed by atoms with Gasteiger partial charge in [-0.2, -0.15) is 0 Å². The van der Waals surface area contributed by atoms with Crippen LogP contribution in [0.1, 0.15) is 0 Å². The van der Waals surface area contributed by atoms with Crippen molar-refractivity contribution in [3.63, 3.8) is 0 Å². The topological polar surface area (TPSA) is 47.3 Å². The maximum absolute atomic E-state index is 9.30. The monoisotopic (exact) mass is 360 g/mol. The van der Waals surface area contributed by atoms with Crippen molar-refractivity contribution >= 4 is 58.0 Å². The maximum Gasteiger partial charge on any atom is 0.208 e. The molecule has 0 fully saturated rings. The highest BCUT2D eigenvalue weighted by atomic mass is 35.5. The second-order valence-electron chi connectivity index (χ2n) is 3.40. The highest BCUT2D eigenvalue weighted by Crippen LogP contribution is 2.37. The number of aromatic nitrogens is 2. The molecule has 1 aromatic heterocycles. The summed E-state index contributed by atoms with van der Waals surface area (Å²) in [6.07, 6.45) is 0. The summed E-state index contributed by atoms with van der Waals surface area (Å²) in [6, 6.07) is 2.60. The van der Waals surface area contributed by atoms with Crippen LogP contribution in [0, 0.1) is 0 Å². The van der Waals surface area contributed by atoms with Gasteiger partial charge < -0.3 is 9.84 Å². The largest absolute Gasteiger partial charge is 0.508 e. The fourth-order valence-corrected chi connectivity index (χ4v) is 2.55. The standard InChI is InChI=1S/C10H5Cl5N2O2/c11-5-1-4(18)2-6(12)7(5)19-3-17-9(14)8(13)16-10(17)15/h1-2,18H,3H2. The number of imidazole rings is 1. The highest BCUT2D eigenvalue weighted by molar-refractivity contribution is 6.42. The molecule has 0 unspecified atom stereocenters. The lowest BCUT2D eigenvalue weighted by atomic mass is 10.3. The molecule has 0 amide bonds. The summed E-state index contributed by atoms with van der Waals surface area (Å²) in [7, 11) is 0. The second kappa shape index (κ2) is 5.85. The third-order valence-electron chi connectivity index (χ3n) is 2.14. The quantitative estimate of drug-likeness (QED) is 0.845. The molecule has 0 aliphatic rings. The fourth-order valence-electron chi connectivity index (χ4n) is 1.30. The van der Waals surface area contributed by atoms with E-state index in [1.54, 1.807) is 0 Å². The van der Waals surface area contributed by atoms with Gasteiger partial charge >= 0.3 is 0 Å². The van der Waals surface area contributed by atoms with Crippen LogP contribution >= 0.6 is 58.0 Å². The highest BCUT2D eigenvalue weighted by Gasteiger charge is 2.15. The Hall–Kier alpha value is -0.520. The minimum atomic E-state index is -0.0817. The molecule has 0 saturated heterocycles. The maximum atomic E-state index is 9.30. The third-order valence-corrected chi connectivity index (χ3v) is 3.73. The molecular formula is C10H5Cl5N2O2. The van der Waals surface area contributed by atoms with E-state index < -0.39 is 0 Å². The summed E-state index contributed by atoms with van der Waals surface area (Å²) >= 11 is 29.2. The lowest BCUT2D eigenvalue weighted by Gasteiger charge is -2.11. The Balaban J connectivity index is 2.24. The lowest BCUT2D eigenvalue weighted by molar-refractivity contribution is 0.237. The molecule has 19 heavy (non-hydrogen) atoms. The Kier molecular flexibility index (Phi) is 4.58. The molecule has 4 nitrogen and oxygen atoms in total. The molecular weight excluding hydrogens is 357 g/mol. The third kappa shape index (κ3) is 3.15. The van der Waals surface area contributed by atoms with Crippen molar-refractivity contribution in [1.29, 1.82) is 0 Å². The van der Waals surface area contributed by atoms with Crippen LogP contribution < -0.4 is 4.74 Å². The number of phenols is 1. The number of benzene rings is 1. The van der Waals surface area contributed by atoms with E-state index in [2.05, 4.69) is 4.98 Å². The van der Waals surface area contributed by atoms with Gasteiger partial charge in [-0.15, -0.1) is 0 Å². The Morgan fingerprint density at radius 3 is 2.16 bits per heavy atom. The van der Waals surface area contributed by atoms with E-state index in [0.717, 1.165) is 0 Å². The number of hydrogen-bond donors (Lipinski definition) is 1. The van der Waals surface area contributed by atoms with Crippen molar-refractivity contribution in [3.05, 3.63) is 37.8 Å². The van der Waals surface area contributed by atoms with E-state index in [9.17, 15) is 5.11 Å². The van der Waals surface area contributed by atoms with E-state index in [0.29, 0.717) is 0 Å². The molecule has 2 rings (SSSR count). The van der Waals surface area contributed by atoms with Crippen LogP contribution in [0.2, 0.25) is 25.6 Å². The molecule has 9 heteroatoms. The van der Waals surface area contributed by atoms with Crippen LogP contribution in [0.5, 0.6) is 11.5 Å². The number of phenolic OH excluding ortho intramolecular Hbond substituents is 1. The van der Waals surface area contributed by atoms with E-state index >= 15 is 0 Å². The summed E-state index contributed by atoms with van der Waals surface area (Å²) in [5, 5.41) is 9.88. The lowest BCUT2D eigenvalue weighted by Crippen LogP contribution is -2.06. The molecule has 1 heterocycles. The first-order valence-corrected chi connectivity index (χ1v) is 6.67. The number of hydrogen-bond acceptors (Lipinski definition) is 3. The van der Waals surface area contributed by atoms with Crippen molar-refractivity contribution < 1.29 is 9.84 Å². The fraction of sp³-hybridized carbons (Fsp3) is 0.100. The molecule has 0 atom stereocenters. The number of halogens is 5. The van der Waals surface area contributed by atoms with E-state index in [4.69, 9.17) is 62.7 Å². The van der Waals surface area contributed by atoms with Crippen molar-refractivity contribution in [1.82, 2.24) is 9.55 Å². The summed E-state index contributed by atoms with van der Waals surface area (Å²) in [4.78, 5) is 3.76. The van der Waals surface area contributed by atoms with E-state index in [1.807, 2.05) is 0 Å². The molecule has 102 valence electrons. The molecule has 2 aromatic rings. The average molecular weight is 362 g/mol. The smallest absolute Gasteiger partial charge is 0.208 e. The predicted octanol–water partition coefficient (Wildman–Crippen LogP) is 4.89. The minimum absolute atomic E-state index is 0.0657. The molecule has 1 aromatic carbocycles. The minimum Gasteiger partial charge on any atom is -0.508 e. The van der Waals surface area contributed by atoms with Gasteiger partial charge in [0.15, 0.2) is 22.8 Å². The van der Waals surface area contributed by atoms with Gasteiger partial charge in [-0.1, -0.05) is 46.4 Å². The van der Waals surface area contributed by atoms with Crippen molar-refractivity contribution in [3.8, 4) is 11.5 Å². The predicted molar refractivity (Wildman–Crippen MR) is 76.0 cm³/mol. The van der Waals surface area contributed by atoms with Gasteiger partial charge in [-0.25, -0.2) is 4.98 Å². The zero-order chi connectivity index (χ0) is 14.2. The number of ether oxygens (including phenoxy) is 1. The first kappa shape index (κ1) is 14.9. The average Bonchev–Trinajstić information content (AvgIpc) is 2.53. The van der Waals surface area contributed by atoms with E-state index in [-0.39, 0.29) is 43.9 Å². The molecule has 0 aliphatic heterocycles. The van der Waals surface area contributed by atoms with Gasteiger partial charge in [-0.3, -0.25) is 4.57 Å². The Bertz CT molecular complexity index is 606. The van der Waals surface area contributed by atoms with Crippen molar-refractivity contribution in [2.75, 3.05) is 0 Å². The molecule has 0 saturated carbocycles. The van der Waals surface area contributed by atoms with Gasteiger partial charge in [0.1, 0.15) is 5.75 Å². The zero-order valence-corrected chi connectivity index (χ0v) is 12.8. The number of aromatic hydroxyl groups is 1. The van der Waals surface area contributed by atoms with Crippen LogP contribution in [0.15, 0.2) is 12.1 Å². The van der Waals surface area contributed by atoms with Crippen LogP contribution in [0.4, 0.5) is 0 Å². The first-order valence-electron chi connectivity index (χ1n) is 4.78. The summed E-state index contributed by atoms with van der Waals surface area (Å²) in [6.45, 7) is -0.0817. The van der Waals surface area contributed by atoms with Crippen LogP contribution in [0.3, 0.4) is 0 Å². The summed E-state index contributed by atoms with van der Waals surface area (Å²) < 4.78 is 6.73. The Morgan fingerprint density at radius 1 is 1.11 bits per heavy atom. The van der Waals surface area contributed by atoms with Crippen LogP contribution in [-0.4, -0.2) is 14.7 Å². The number of nitrogens with zero attached hydrogens (tertiary/aromatic N) is 2. The van der Waals surface area contributed by atoms with Gasteiger partial charge in [0.2, 0.25) is 5.28 Å². The first-order chi connectivity index (χ1) is 8.90. The summed E-state index contributed by atoms with van der Waals surface area (Å²) in [5.74, 6) is 0.127. The Morgan fingerprint density at radius 2 is 1.68 bits per heavy atom. The normalized spacial score (nSPS) is 10.8. The molecule has 0 aliphatic carbocycles. The molecule has 0 radical (unpaired) electrons. The van der Waals surface area contributed by atoms with Gasteiger partial charge in [-0.05, 0) is 11.6 Å². The van der Waals surface area contributed by atoms with Gasteiger partial charge in [0.05, 0.1) is 10.0 Å². The van der Waals surface area contributed by atoms with Gasteiger partial charge in [0.25, 0.3) is 0 Å². The summed E-state index contributed by atoms with van der Waals surface area (Å²) in [5.41, 5.74) is 0. The SMILES string of the molecule is Oc1cc(Cl)c(OCn2c(Cl)nc(Cl)c2Cl)c(Cl)c1. The van der Waals surface area contributed by atoms with E-state index in [1.165, 1.54) is 16.7 Å². The Labute approximate surface area is 133 Å². The van der Waals surface area contributed by atoms with Crippen LogP contribution in [0.25, 0.3) is 0 Å². The molecule has 0 bridgehead atoms. The molecule has 0 spiro atoms. The van der Waals surface area contributed by atoms with Crippen molar-refractivity contribution in [2.45, 2.75) is 6.73 Å². The number of rotatable bonds is 3. The second-order valence-corrected chi connectivity index (χ2v) is 5.27. The zero-order valence-electron chi connectivity index (χ0n) is 9.00. The van der Waals surface area contributed by atoms with Crippen molar-refractivity contribution in [2.24, 2.45) is 0 Å².